The Labute approximate surface area is 103 Å². The molecule has 1 atom stereocenters. The van der Waals surface area contributed by atoms with Crippen LogP contribution in [0, 0.1) is 0 Å². The molecule has 1 aromatic rings. The Kier molecular flexibility index (Phi) is 2.63. The summed E-state index contributed by atoms with van der Waals surface area (Å²) in [5.41, 5.74) is 2.82. The van der Waals surface area contributed by atoms with Crippen LogP contribution >= 0.6 is 0 Å². The molecular formula is C14H19N3. The molecule has 2 aliphatic heterocycles. The summed E-state index contributed by atoms with van der Waals surface area (Å²) in [6.45, 7) is 5.36. The van der Waals surface area contributed by atoms with E-state index in [1.165, 1.54) is 24.1 Å². The predicted octanol–water partition coefficient (Wildman–Crippen LogP) is 2.13. The van der Waals surface area contributed by atoms with Crippen molar-refractivity contribution in [3.8, 4) is 0 Å². The fraction of sp³-hybridized carbons (Fsp3) is 0.500. The van der Waals surface area contributed by atoms with Gasteiger partial charge in [0.25, 0.3) is 0 Å². The van der Waals surface area contributed by atoms with Crippen molar-refractivity contribution < 1.29 is 0 Å². The molecule has 3 rings (SSSR count). The smallest absolute Gasteiger partial charge is 0.0895 e. The van der Waals surface area contributed by atoms with Crippen LogP contribution in [-0.4, -0.2) is 26.0 Å². The van der Waals surface area contributed by atoms with Crippen molar-refractivity contribution in [2.45, 2.75) is 25.3 Å². The minimum atomic E-state index is 0.178. The largest absolute Gasteiger partial charge is 0.331 e. The molecule has 0 amide bonds. The standard InChI is InChI=1S/C14H19N3/c1-14(7-2-8-16-14)12-3-5-13(6-4-12)17-10-9-15-11-17/h3-6,11,16H,2,7-10H2,1H3. The average molecular weight is 229 g/mol. The fourth-order valence-corrected chi connectivity index (χ4v) is 2.74. The number of hydrogen-bond acceptors (Lipinski definition) is 3. The van der Waals surface area contributed by atoms with Crippen molar-refractivity contribution in [2.24, 2.45) is 4.99 Å². The van der Waals surface area contributed by atoms with E-state index in [1.807, 2.05) is 6.34 Å². The zero-order valence-corrected chi connectivity index (χ0v) is 10.3. The maximum Gasteiger partial charge on any atom is 0.0895 e. The van der Waals surface area contributed by atoms with Gasteiger partial charge >= 0.3 is 0 Å². The van der Waals surface area contributed by atoms with E-state index in [1.54, 1.807) is 0 Å². The molecule has 0 radical (unpaired) electrons. The highest BCUT2D eigenvalue weighted by atomic mass is 15.2. The van der Waals surface area contributed by atoms with Gasteiger partial charge in [0.05, 0.1) is 12.9 Å². The minimum absolute atomic E-state index is 0.178. The van der Waals surface area contributed by atoms with Crippen LogP contribution in [0.1, 0.15) is 25.3 Å². The lowest BCUT2D eigenvalue weighted by Gasteiger charge is -2.25. The maximum atomic E-state index is 4.24. The van der Waals surface area contributed by atoms with Gasteiger partial charge in [-0.15, -0.1) is 0 Å². The molecule has 1 aromatic carbocycles. The number of aliphatic imine (C=N–C) groups is 1. The molecule has 1 unspecified atom stereocenters. The van der Waals surface area contributed by atoms with Gasteiger partial charge < -0.3 is 10.2 Å². The second-order valence-corrected chi connectivity index (χ2v) is 5.12. The van der Waals surface area contributed by atoms with Gasteiger partial charge in [-0.25, -0.2) is 0 Å². The molecule has 0 aromatic heterocycles. The summed E-state index contributed by atoms with van der Waals surface area (Å²) in [6.07, 6.45) is 4.44. The van der Waals surface area contributed by atoms with E-state index in [4.69, 9.17) is 0 Å². The summed E-state index contributed by atoms with van der Waals surface area (Å²) in [5.74, 6) is 0. The third kappa shape index (κ3) is 1.95. The normalized spacial score (nSPS) is 27.9. The average Bonchev–Trinajstić information content (AvgIpc) is 3.01. The fourth-order valence-electron chi connectivity index (χ4n) is 2.74. The second kappa shape index (κ2) is 4.15. The molecule has 1 N–H and O–H groups in total. The molecule has 90 valence electrons. The second-order valence-electron chi connectivity index (χ2n) is 5.12. The molecule has 3 nitrogen and oxygen atoms in total. The number of rotatable bonds is 2. The molecule has 1 fully saturated rings. The van der Waals surface area contributed by atoms with E-state index in [2.05, 4.69) is 46.4 Å². The zero-order valence-electron chi connectivity index (χ0n) is 10.3. The molecular weight excluding hydrogens is 210 g/mol. The van der Waals surface area contributed by atoms with Crippen molar-refractivity contribution in [1.29, 1.82) is 0 Å². The van der Waals surface area contributed by atoms with E-state index in [-0.39, 0.29) is 5.54 Å². The SMILES string of the molecule is CC1(c2ccc(N3C=NCC3)cc2)CCCN1. The van der Waals surface area contributed by atoms with E-state index < -0.39 is 0 Å². The Morgan fingerprint density at radius 1 is 1.29 bits per heavy atom. The van der Waals surface area contributed by atoms with Crippen LogP contribution in [0.5, 0.6) is 0 Å². The van der Waals surface area contributed by atoms with E-state index in [9.17, 15) is 0 Å². The van der Waals surface area contributed by atoms with Crippen molar-refractivity contribution in [3.05, 3.63) is 29.8 Å². The lowest BCUT2D eigenvalue weighted by atomic mass is 9.90. The number of nitrogens with one attached hydrogen (secondary N) is 1. The zero-order chi connectivity index (χ0) is 11.7. The van der Waals surface area contributed by atoms with E-state index in [0.717, 1.165) is 19.6 Å². The Hall–Kier alpha value is -1.35. The highest BCUT2D eigenvalue weighted by Crippen LogP contribution is 2.31. The number of anilines is 1. The van der Waals surface area contributed by atoms with Gasteiger partial charge in [0.15, 0.2) is 0 Å². The quantitative estimate of drug-likeness (QED) is 0.841. The molecule has 2 aliphatic rings. The molecule has 0 spiro atoms. The molecule has 2 heterocycles. The molecule has 3 heteroatoms. The van der Waals surface area contributed by atoms with Gasteiger partial charge in [-0.05, 0) is 44.0 Å². The summed E-state index contributed by atoms with van der Waals surface area (Å²) in [4.78, 5) is 6.45. The Morgan fingerprint density at radius 2 is 2.12 bits per heavy atom. The first kappa shape index (κ1) is 10.8. The monoisotopic (exact) mass is 229 g/mol. The molecule has 0 saturated carbocycles. The summed E-state index contributed by atoms with van der Waals surface area (Å²) >= 11 is 0. The topological polar surface area (TPSA) is 27.6 Å². The van der Waals surface area contributed by atoms with Crippen molar-refractivity contribution in [3.63, 3.8) is 0 Å². The van der Waals surface area contributed by atoms with Crippen LogP contribution in [0.25, 0.3) is 0 Å². The first-order valence-electron chi connectivity index (χ1n) is 6.40. The number of benzene rings is 1. The first-order valence-corrected chi connectivity index (χ1v) is 6.40. The third-order valence-corrected chi connectivity index (χ3v) is 3.90. The van der Waals surface area contributed by atoms with Gasteiger partial charge in [-0.2, -0.15) is 0 Å². The minimum Gasteiger partial charge on any atom is -0.331 e. The van der Waals surface area contributed by atoms with Crippen molar-refractivity contribution in [2.75, 3.05) is 24.5 Å². The lowest BCUT2D eigenvalue weighted by molar-refractivity contribution is 0.435. The Balaban J connectivity index is 1.82. The highest BCUT2D eigenvalue weighted by molar-refractivity contribution is 5.80. The lowest BCUT2D eigenvalue weighted by Crippen LogP contribution is -2.33. The molecule has 0 aliphatic carbocycles. The van der Waals surface area contributed by atoms with Crippen molar-refractivity contribution in [1.82, 2.24) is 5.32 Å². The molecule has 17 heavy (non-hydrogen) atoms. The van der Waals surface area contributed by atoms with Gasteiger partial charge in [0, 0.05) is 17.8 Å². The number of nitrogens with zero attached hydrogens (tertiary/aromatic N) is 2. The summed E-state index contributed by atoms with van der Waals surface area (Å²) in [6, 6.07) is 8.91. The summed E-state index contributed by atoms with van der Waals surface area (Å²) in [5, 5.41) is 3.60. The number of hydrogen-bond donors (Lipinski definition) is 1. The van der Waals surface area contributed by atoms with Crippen LogP contribution in [0.4, 0.5) is 5.69 Å². The van der Waals surface area contributed by atoms with Crippen LogP contribution in [0.2, 0.25) is 0 Å². The van der Waals surface area contributed by atoms with Gasteiger partial charge in [0.1, 0.15) is 0 Å². The van der Waals surface area contributed by atoms with Gasteiger partial charge in [-0.3, -0.25) is 4.99 Å². The molecule has 1 saturated heterocycles. The third-order valence-electron chi connectivity index (χ3n) is 3.90. The van der Waals surface area contributed by atoms with Crippen LogP contribution in [-0.2, 0) is 5.54 Å². The Morgan fingerprint density at radius 3 is 2.71 bits per heavy atom. The highest BCUT2D eigenvalue weighted by Gasteiger charge is 2.29. The molecule has 0 bridgehead atoms. The van der Waals surface area contributed by atoms with Gasteiger partial charge in [-0.1, -0.05) is 12.1 Å². The Bertz CT molecular complexity index is 416. The van der Waals surface area contributed by atoms with Crippen LogP contribution in [0.15, 0.2) is 29.3 Å². The van der Waals surface area contributed by atoms with Crippen LogP contribution in [0.3, 0.4) is 0 Å². The van der Waals surface area contributed by atoms with Crippen LogP contribution < -0.4 is 10.2 Å². The summed E-state index contributed by atoms with van der Waals surface area (Å²) in [7, 11) is 0. The summed E-state index contributed by atoms with van der Waals surface area (Å²) < 4.78 is 0. The van der Waals surface area contributed by atoms with Gasteiger partial charge in [0.2, 0.25) is 0 Å². The first-order chi connectivity index (χ1) is 8.28. The van der Waals surface area contributed by atoms with E-state index >= 15 is 0 Å². The van der Waals surface area contributed by atoms with Crippen molar-refractivity contribution >= 4 is 12.0 Å². The predicted molar refractivity (Wildman–Crippen MR) is 71.7 cm³/mol. The van der Waals surface area contributed by atoms with E-state index in [0.29, 0.717) is 0 Å². The maximum absolute atomic E-state index is 4.24.